The Morgan fingerprint density at radius 3 is 2.68 bits per heavy atom. The van der Waals surface area contributed by atoms with Gasteiger partial charge in [-0.25, -0.2) is 0 Å². The number of pyridine rings is 1. The first kappa shape index (κ1) is 19.2. The summed E-state index contributed by atoms with van der Waals surface area (Å²) in [5.74, 6) is 0.511. The largest absolute Gasteiger partial charge is 0.489 e. The lowest BCUT2D eigenvalue weighted by atomic mass is 10.1. The van der Waals surface area contributed by atoms with Crippen LogP contribution in [0.1, 0.15) is 28.0 Å². The molecular weight excluding hydrogens is 390 g/mol. The number of hydrogen-bond acceptors (Lipinski definition) is 3. The van der Waals surface area contributed by atoms with Crippen molar-refractivity contribution in [3.63, 3.8) is 0 Å². The monoisotopic (exact) mass is 413 g/mol. The van der Waals surface area contributed by atoms with E-state index in [-0.39, 0.29) is 11.5 Å². The Hall–Kier alpha value is -3.80. The quantitative estimate of drug-likeness (QED) is 0.556. The molecule has 0 unspecified atom stereocenters. The maximum atomic E-state index is 12.8. The van der Waals surface area contributed by atoms with E-state index in [9.17, 15) is 9.59 Å². The van der Waals surface area contributed by atoms with E-state index in [1.807, 2.05) is 55.6 Å². The van der Waals surface area contributed by atoms with Gasteiger partial charge in [0.25, 0.3) is 11.5 Å². The zero-order valence-corrected chi connectivity index (χ0v) is 17.3. The minimum absolute atomic E-state index is 0.0251. The maximum absolute atomic E-state index is 12.8. The molecule has 1 aliphatic rings. The summed E-state index contributed by atoms with van der Waals surface area (Å²) in [5.41, 5.74) is 4.36. The number of carbonyl (C=O) groups is 1. The number of hydrogen-bond donors (Lipinski definition) is 1. The van der Waals surface area contributed by atoms with Crippen molar-refractivity contribution >= 4 is 16.8 Å². The summed E-state index contributed by atoms with van der Waals surface area (Å²) in [6.45, 7) is 1.11. The minimum atomic E-state index is -0.168. The molecular formula is C25H23N3O3. The second kappa shape index (κ2) is 7.80. The molecule has 0 spiro atoms. The molecule has 1 amide bonds. The van der Waals surface area contributed by atoms with Crippen LogP contribution >= 0.6 is 0 Å². The van der Waals surface area contributed by atoms with Gasteiger partial charge in [-0.1, -0.05) is 30.3 Å². The fourth-order valence-corrected chi connectivity index (χ4v) is 4.22. The molecule has 5 rings (SSSR count). The molecule has 0 bridgehead atoms. The maximum Gasteiger partial charge on any atom is 0.258 e. The first-order valence-corrected chi connectivity index (χ1v) is 10.4. The van der Waals surface area contributed by atoms with E-state index >= 15 is 0 Å². The van der Waals surface area contributed by atoms with Gasteiger partial charge < -0.3 is 14.6 Å². The summed E-state index contributed by atoms with van der Waals surface area (Å²) in [5, 5.41) is 3.88. The highest BCUT2D eigenvalue weighted by Crippen LogP contribution is 2.29. The van der Waals surface area contributed by atoms with Gasteiger partial charge in [-0.15, -0.1) is 0 Å². The van der Waals surface area contributed by atoms with Gasteiger partial charge >= 0.3 is 0 Å². The smallest absolute Gasteiger partial charge is 0.258 e. The van der Waals surface area contributed by atoms with Crippen LogP contribution in [0.4, 0.5) is 0 Å². The van der Waals surface area contributed by atoms with E-state index in [0.717, 1.165) is 46.3 Å². The van der Waals surface area contributed by atoms with Crippen LogP contribution in [0.25, 0.3) is 16.6 Å². The van der Waals surface area contributed by atoms with Crippen molar-refractivity contribution in [3.05, 3.63) is 94.0 Å². The van der Waals surface area contributed by atoms with Crippen molar-refractivity contribution in [1.29, 1.82) is 0 Å². The van der Waals surface area contributed by atoms with Gasteiger partial charge in [0.15, 0.2) is 0 Å². The molecule has 0 fully saturated rings. The number of benzene rings is 2. The van der Waals surface area contributed by atoms with Gasteiger partial charge in [0.05, 0.1) is 16.8 Å². The number of ether oxygens (including phenoxy) is 1. The highest BCUT2D eigenvalue weighted by Gasteiger charge is 2.23. The van der Waals surface area contributed by atoms with Crippen LogP contribution in [0.15, 0.2) is 71.7 Å². The van der Waals surface area contributed by atoms with Crippen LogP contribution in [-0.2, 0) is 20.1 Å². The third-order valence-corrected chi connectivity index (χ3v) is 5.83. The Morgan fingerprint density at radius 2 is 1.87 bits per heavy atom. The molecule has 2 aromatic carbocycles. The van der Waals surface area contributed by atoms with Gasteiger partial charge in [0.1, 0.15) is 12.4 Å². The Morgan fingerprint density at radius 1 is 1.03 bits per heavy atom. The summed E-state index contributed by atoms with van der Waals surface area (Å²) in [7, 11) is 1.98. The molecule has 6 heteroatoms. The lowest BCUT2D eigenvalue weighted by Gasteiger charge is -2.10. The number of amides is 1. The third kappa shape index (κ3) is 3.50. The summed E-state index contributed by atoms with van der Waals surface area (Å²) < 4.78 is 9.43. The fourth-order valence-electron chi connectivity index (χ4n) is 4.22. The van der Waals surface area contributed by atoms with E-state index in [1.165, 1.54) is 6.07 Å². The van der Waals surface area contributed by atoms with Crippen LogP contribution in [0.5, 0.6) is 5.75 Å². The second-order valence-electron chi connectivity index (χ2n) is 7.79. The normalized spacial score (nSPS) is 13.5. The van der Waals surface area contributed by atoms with Crippen molar-refractivity contribution in [3.8, 4) is 11.4 Å². The lowest BCUT2D eigenvalue weighted by Crippen LogP contribution is -2.22. The topological polar surface area (TPSA) is 65.3 Å². The van der Waals surface area contributed by atoms with Crippen LogP contribution in [-0.4, -0.2) is 21.6 Å². The van der Waals surface area contributed by atoms with Gasteiger partial charge in [-0.05, 0) is 42.7 Å². The van der Waals surface area contributed by atoms with Crippen LogP contribution in [0, 0.1) is 0 Å². The van der Waals surface area contributed by atoms with E-state index < -0.39 is 0 Å². The fraction of sp³-hybridized carbons (Fsp3) is 0.200. The molecule has 0 saturated heterocycles. The Labute approximate surface area is 179 Å². The number of nitrogens with one attached hydrogen (secondary N) is 1. The molecule has 31 heavy (non-hydrogen) atoms. The standard InChI is InChI=1S/C25H23N3O3/c1-27-21-8-5-12-26-25(30)24(21)20-10-9-18(14-22(20)27)28-13-11-19(15-23(28)29)31-16-17-6-3-2-4-7-17/h2-4,6-7,9-11,13-15H,5,8,12,16H2,1H3,(H,26,30). The second-order valence-corrected chi connectivity index (χ2v) is 7.79. The van der Waals surface area contributed by atoms with Crippen molar-refractivity contribution < 1.29 is 9.53 Å². The highest BCUT2D eigenvalue weighted by molar-refractivity contribution is 6.09. The lowest BCUT2D eigenvalue weighted by molar-refractivity contribution is 0.0957. The molecule has 0 atom stereocenters. The van der Waals surface area contributed by atoms with Crippen molar-refractivity contribution in [1.82, 2.24) is 14.5 Å². The highest BCUT2D eigenvalue weighted by atomic mass is 16.5. The molecule has 0 radical (unpaired) electrons. The molecule has 156 valence electrons. The molecule has 1 N–H and O–H groups in total. The van der Waals surface area contributed by atoms with E-state index in [1.54, 1.807) is 16.8 Å². The first-order chi connectivity index (χ1) is 15.1. The van der Waals surface area contributed by atoms with E-state index in [0.29, 0.717) is 18.9 Å². The number of aryl methyl sites for hydroxylation is 1. The van der Waals surface area contributed by atoms with E-state index in [2.05, 4.69) is 9.88 Å². The molecule has 0 aliphatic carbocycles. The number of nitrogens with zero attached hydrogens (tertiary/aromatic N) is 2. The minimum Gasteiger partial charge on any atom is -0.489 e. The number of rotatable bonds is 4. The van der Waals surface area contributed by atoms with Crippen molar-refractivity contribution in [2.24, 2.45) is 7.05 Å². The Kier molecular flexibility index (Phi) is 4.82. The predicted octanol–water partition coefficient (Wildman–Crippen LogP) is 3.58. The van der Waals surface area contributed by atoms with Gasteiger partial charge in [0.2, 0.25) is 0 Å². The summed E-state index contributed by atoms with van der Waals surface area (Å²) >= 11 is 0. The predicted molar refractivity (Wildman–Crippen MR) is 120 cm³/mol. The zero-order valence-electron chi connectivity index (χ0n) is 17.3. The third-order valence-electron chi connectivity index (χ3n) is 5.83. The molecule has 6 nitrogen and oxygen atoms in total. The average molecular weight is 413 g/mol. The van der Waals surface area contributed by atoms with Gasteiger partial charge in [0, 0.05) is 36.9 Å². The Bertz CT molecular complexity index is 1340. The average Bonchev–Trinajstić information content (AvgIpc) is 2.92. The molecule has 3 heterocycles. The zero-order chi connectivity index (χ0) is 21.4. The first-order valence-electron chi connectivity index (χ1n) is 10.4. The number of carbonyl (C=O) groups excluding carboxylic acids is 1. The van der Waals surface area contributed by atoms with Crippen molar-refractivity contribution in [2.75, 3.05) is 6.54 Å². The number of fused-ring (bicyclic) bond motifs is 3. The molecule has 2 aromatic heterocycles. The summed E-state index contributed by atoms with van der Waals surface area (Å²) in [4.78, 5) is 25.3. The number of aromatic nitrogens is 2. The van der Waals surface area contributed by atoms with E-state index in [4.69, 9.17) is 4.74 Å². The molecule has 4 aromatic rings. The van der Waals surface area contributed by atoms with Crippen LogP contribution < -0.4 is 15.6 Å². The van der Waals surface area contributed by atoms with Gasteiger partial charge in [-0.3, -0.25) is 14.2 Å². The van der Waals surface area contributed by atoms with Crippen molar-refractivity contribution in [2.45, 2.75) is 19.4 Å². The Balaban J connectivity index is 1.47. The van der Waals surface area contributed by atoms with Crippen LogP contribution in [0.2, 0.25) is 0 Å². The summed E-state index contributed by atoms with van der Waals surface area (Å²) in [6.07, 6.45) is 3.49. The van der Waals surface area contributed by atoms with Crippen LogP contribution in [0.3, 0.4) is 0 Å². The molecule has 0 saturated carbocycles. The summed E-state index contributed by atoms with van der Waals surface area (Å²) in [6, 6.07) is 18.9. The van der Waals surface area contributed by atoms with Gasteiger partial charge in [-0.2, -0.15) is 0 Å². The molecule has 1 aliphatic heterocycles. The SMILES string of the molecule is Cn1c2c(c3ccc(-n4ccc(OCc5ccccc5)cc4=O)cc31)C(=O)NCCC2.